The molecule has 1 aromatic carbocycles. The van der Waals surface area contributed by atoms with Gasteiger partial charge in [0.1, 0.15) is 17.3 Å². The van der Waals surface area contributed by atoms with E-state index in [2.05, 4.69) is 0 Å². The van der Waals surface area contributed by atoms with Crippen LogP contribution in [-0.4, -0.2) is 27.1 Å². The number of anilines is 1. The molecule has 0 saturated carbocycles. The van der Waals surface area contributed by atoms with Gasteiger partial charge in [0, 0.05) is 38.4 Å². The van der Waals surface area contributed by atoms with Gasteiger partial charge in [0.15, 0.2) is 5.78 Å². The number of nitrogens with two attached hydrogens (primary N) is 1. The molecule has 1 unspecified atom stereocenters. The molecular weight excluding hydrogens is 386 g/mol. The van der Waals surface area contributed by atoms with E-state index in [4.69, 9.17) is 10.5 Å². The van der Waals surface area contributed by atoms with Crippen LogP contribution >= 0.6 is 0 Å². The van der Waals surface area contributed by atoms with Crippen molar-refractivity contribution in [3.63, 3.8) is 0 Å². The van der Waals surface area contributed by atoms with Gasteiger partial charge in [0.2, 0.25) is 0 Å². The molecule has 8 heteroatoms. The monoisotopic (exact) mass is 413 g/mol. The van der Waals surface area contributed by atoms with E-state index in [1.165, 1.54) is 25.8 Å². The molecule has 0 fully saturated rings. The Kier molecular flexibility index (Phi) is 5.36. The number of methoxy groups -OCH3 is 1. The summed E-state index contributed by atoms with van der Waals surface area (Å²) in [7, 11) is 4.36. The van der Waals surface area contributed by atoms with Crippen molar-refractivity contribution in [2.45, 2.75) is 32.6 Å². The first-order valence-electron chi connectivity index (χ1n) is 9.63. The zero-order valence-electron chi connectivity index (χ0n) is 17.9. The van der Waals surface area contributed by atoms with E-state index in [-0.39, 0.29) is 34.9 Å². The van der Waals surface area contributed by atoms with Gasteiger partial charge < -0.3 is 15.6 Å². The van der Waals surface area contributed by atoms with Crippen LogP contribution in [0.4, 0.5) is 5.82 Å². The average molecular weight is 413 g/mol. The van der Waals surface area contributed by atoms with Gasteiger partial charge in [-0.15, -0.1) is 0 Å². The number of allylic oxidation sites excluding steroid dienone is 2. The second kappa shape index (κ2) is 7.51. The zero-order valence-corrected chi connectivity index (χ0v) is 17.9. The molecule has 1 aromatic heterocycles. The largest absolute Gasteiger partial charge is 0.512 e. The Bertz CT molecular complexity index is 1150. The number of carbonyl (C=O) groups is 1. The molecule has 1 heterocycles. The van der Waals surface area contributed by atoms with Crippen LogP contribution in [0.5, 0.6) is 5.75 Å². The number of nitrogen functional groups attached to an aromatic ring is 1. The lowest BCUT2D eigenvalue weighted by atomic mass is 9.71. The summed E-state index contributed by atoms with van der Waals surface area (Å²) in [4.78, 5) is 38.5. The molecule has 0 radical (unpaired) electrons. The molecule has 0 saturated heterocycles. The minimum atomic E-state index is -0.912. The first kappa shape index (κ1) is 21.4. The van der Waals surface area contributed by atoms with Gasteiger partial charge in [-0.25, -0.2) is 4.79 Å². The van der Waals surface area contributed by atoms with Crippen LogP contribution in [0.1, 0.15) is 43.7 Å². The molecule has 0 amide bonds. The standard InChI is InChI=1S/C22H27N3O5/c1-22(2)10-14(26)17(15(27)11-22)16(12-6-8-13(30-5)9-7-12)18-19(23)24(3)21(29)25(4)20(18)28/h6-9,16,26H,10-11,23H2,1-5H3. The van der Waals surface area contributed by atoms with Gasteiger partial charge in [-0.05, 0) is 23.1 Å². The Labute approximate surface area is 174 Å². The Hall–Kier alpha value is -3.29. The van der Waals surface area contributed by atoms with E-state index < -0.39 is 22.6 Å². The Balaban J connectivity index is 2.37. The third-order valence-electron chi connectivity index (χ3n) is 5.67. The molecule has 8 nitrogen and oxygen atoms in total. The van der Waals surface area contributed by atoms with Gasteiger partial charge in [0.25, 0.3) is 5.56 Å². The minimum Gasteiger partial charge on any atom is -0.512 e. The third-order valence-corrected chi connectivity index (χ3v) is 5.67. The summed E-state index contributed by atoms with van der Waals surface area (Å²) in [6.45, 7) is 3.81. The predicted molar refractivity (Wildman–Crippen MR) is 114 cm³/mol. The topological polar surface area (TPSA) is 117 Å². The average Bonchev–Trinajstić information content (AvgIpc) is 2.68. The van der Waals surface area contributed by atoms with Gasteiger partial charge >= 0.3 is 5.69 Å². The molecular formula is C22H27N3O5. The molecule has 3 rings (SSSR count). The molecule has 3 N–H and O–H groups in total. The fraction of sp³-hybridized carbons (Fsp3) is 0.409. The van der Waals surface area contributed by atoms with Crippen molar-refractivity contribution in [3.8, 4) is 5.75 Å². The highest BCUT2D eigenvalue weighted by molar-refractivity contribution is 5.99. The highest BCUT2D eigenvalue weighted by atomic mass is 16.5. The van der Waals surface area contributed by atoms with E-state index in [0.717, 1.165) is 4.57 Å². The highest BCUT2D eigenvalue weighted by Crippen LogP contribution is 2.43. The van der Waals surface area contributed by atoms with Crippen LogP contribution in [0.3, 0.4) is 0 Å². The lowest BCUT2D eigenvalue weighted by Gasteiger charge is -2.33. The van der Waals surface area contributed by atoms with Crippen molar-refractivity contribution < 1.29 is 14.6 Å². The van der Waals surface area contributed by atoms with Crippen LogP contribution in [0.15, 0.2) is 45.2 Å². The summed E-state index contributed by atoms with van der Waals surface area (Å²) in [6, 6.07) is 6.86. The number of benzene rings is 1. The number of aromatic nitrogens is 2. The fourth-order valence-corrected chi connectivity index (χ4v) is 4.06. The van der Waals surface area contributed by atoms with E-state index in [9.17, 15) is 19.5 Å². The second-order valence-electron chi connectivity index (χ2n) is 8.51. The molecule has 0 aliphatic heterocycles. The zero-order chi connectivity index (χ0) is 22.4. The second-order valence-corrected chi connectivity index (χ2v) is 8.51. The van der Waals surface area contributed by atoms with Gasteiger partial charge in [0.05, 0.1) is 12.7 Å². The van der Waals surface area contributed by atoms with Crippen molar-refractivity contribution >= 4 is 11.6 Å². The Morgan fingerprint density at radius 3 is 2.20 bits per heavy atom. The third kappa shape index (κ3) is 3.53. The number of Topliss-reactive ketones (excluding diaryl/α,β-unsaturated/α-hetero) is 1. The van der Waals surface area contributed by atoms with Crippen molar-refractivity contribution in [2.24, 2.45) is 19.5 Å². The molecule has 1 aliphatic rings. The van der Waals surface area contributed by atoms with Gasteiger partial charge in [-0.3, -0.25) is 18.7 Å². The number of rotatable bonds is 4. The molecule has 1 aliphatic carbocycles. The highest BCUT2D eigenvalue weighted by Gasteiger charge is 2.39. The van der Waals surface area contributed by atoms with E-state index >= 15 is 0 Å². The maximum absolute atomic E-state index is 13.1. The molecule has 30 heavy (non-hydrogen) atoms. The van der Waals surface area contributed by atoms with Crippen LogP contribution in [0.25, 0.3) is 0 Å². The summed E-state index contributed by atoms with van der Waals surface area (Å²) in [5.74, 6) is -0.660. The van der Waals surface area contributed by atoms with Crippen LogP contribution in [-0.2, 0) is 18.9 Å². The predicted octanol–water partition coefficient (Wildman–Crippen LogP) is 2.01. The first-order chi connectivity index (χ1) is 14.0. The molecule has 1 atom stereocenters. The number of nitrogens with zero attached hydrogens (tertiary/aromatic N) is 2. The quantitative estimate of drug-likeness (QED) is 0.792. The van der Waals surface area contributed by atoms with E-state index in [1.807, 2.05) is 13.8 Å². The normalized spacial score (nSPS) is 17.2. The van der Waals surface area contributed by atoms with Crippen molar-refractivity contribution in [2.75, 3.05) is 12.8 Å². The van der Waals surface area contributed by atoms with Crippen molar-refractivity contribution in [3.05, 3.63) is 67.6 Å². The van der Waals surface area contributed by atoms with E-state index in [1.54, 1.807) is 24.3 Å². The SMILES string of the molecule is COc1ccc(C(C2=C(O)CC(C)(C)CC2=O)c2c(N)n(C)c(=O)n(C)c2=O)cc1. The number of hydrogen-bond donors (Lipinski definition) is 2. The summed E-state index contributed by atoms with van der Waals surface area (Å²) < 4.78 is 7.33. The summed E-state index contributed by atoms with van der Waals surface area (Å²) in [5.41, 5.74) is 5.46. The lowest BCUT2D eigenvalue weighted by molar-refractivity contribution is -0.118. The molecule has 2 aromatic rings. The number of carbonyl (C=O) groups excluding carboxylic acids is 1. The Morgan fingerprint density at radius 2 is 1.67 bits per heavy atom. The Morgan fingerprint density at radius 1 is 1.07 bits per heavy atom. The minimum absolute atomic E-state index is 0.0400. The van der Waals surface area contributed by atoms with Crippen LogP contribution in [0, 0.1) is 5.41 Å². The number of aliphatic hydroxyl groups is 1. The summed E-state index contributed by atoms with van der Waals surface area (Å²) >= 11 is 0. The van der Waals surface area contributed by atoms with E-state index in [0.29, 0.717) is 17.7 Å². The molecule has 160 valence electrons. The fourth-order valence-electron chi connectivity index (χ4n) is 4.06. The van der Waals surface area contributed by atoms with Crippen molar-refractivity contribution in [1.82, 2.24) is 9.13 Å². The maximum atomic E-state index is 13.1. The van der Waals surface area contributed by atoms with Crippen molar-refractivity contribution in [1.29, 1.82) is 0 Å². The first-order valence-corrected chi connectivity index (χ1v) is 9.63. The van der Waals surface area contributed by atoms with Gasteiger partial charge in [-0.1, -0.05) is 26.0 Å². The molecule has 0 spiro atoms. The molecule has 0 bridgehead atoms. The van der Waals surface area contributed by atoms with Crippen LogP contribution < -0.4 is 21.7 Å². The number of aliphatic hydroxyl groups excluding tert-OH is 1. The summed E-state index contributed by atoms with van der Waals surface area (Å²) in [5, 5.41) is 10.9. The smallest absolute Gasteiger partial charge is 0.332 e. The number of hydrogen-bond acceptors (Lipinski definition) is 6. The van der Waals surface area contributed by atoms with Crippen LogP contribution in [0.2, 0.25) is 0 Å². The lowest BCUT2D eigenvalue weighted by Crippen LogP contribution is -2.42. The number of ether oxygens (including phenoxy) is 1. The van der Waals surface area contributed by atoms with Gasteiger partial charge in [-0.2, -0.15) is 0 Å². The number of ketones is 1. The summed E-state index contributed by atoms with van der Waals surface area (Å²) in [6.07, 6.45) is 0.526. The maximum Gasteiger partial charge on any atom is 0.332 e.